The SMILES string of the molecule is C[Si](C)(C)OC12CCCCCCC1C2. The Morgan fingerprint density at radius 3 is 2.50 bits per heavy atom. The van der Waals surface area contributed by atoms with Gasteiger partial charge >= 0.3 is 0 Å². The van der Waals surface area contributed by atoms with Gasteiger partial charge in [0.05, 0.1) is 5.60 Å². The molecule has 0 spiro atoms. The molecule has 2 unspecified atom stereocenters. The first-order valence-corrected chi connectivity index (χ1v) is 9.63. The predicted octanol–water partition coefficient (Wildman–Crippen LogP) is 3.95. The van der Waals surface area contributed by atoms with Crippen molar-refractivity contribution in [2.75, 3.05) is 0 Å². The monoisotopic (exact) mass is 212 g/mol. The summed E-state index contributed by atoms with van der Waals surface area (Å²) in [6.07, 6.45) is 9.90. The van der Waals surface area contributed by atoms with Gasteiger partial charge in [-0.15, -0.1) is 0 Å². The van der Waals surface area contributed by atoms with Crippen molar-refractivity contribution in [1.29, 1.82) is 0 Å². The van der Waals surface area contributed by atoms with Crippen molar-refractivity contribution in [2.45, 2.75) is 70.2 Å². The molecule has 0 N–H and O–H groups in total. The molecule has 0 aromatic heterocycles. The van der Waals surface area contributed by atoms with E-state index in [2.05, 4.69) is 19.6 Å². The Hall–Kier alpha value is 0.177. The molecule has 2 fully saturated rings. The molecule has 82 valence electrons. The molecular formula is C12H24OSi. The van der Waals surface area contributed by atoms with Gasteiger partial charge < -0.3 is 4.43 Å². The zero-order valence-corrected chi connectivity index (χ0v) is 10.9. The van der Waals surface area contributed by atoms with E-state index in [1.807, 2.05) is 0 Å². The highest BCUT2D eigenvalue weighted by molar-refractivity contribution is 6.69. The van der Waals surface area contributed by atoms with Crippen LogP contribution in [-0.2, 0) is 4.43 Å². The molecule has 0 aromatic rings. The van der Waals surface area contributed by atoms with E-state index in [1.165, 1.54) is 44.9 Å². The molecule has 0 bridgehead atoms. The smallest absolute Gasteiger partial charge is 0.184 e. The van der Waals surface area contributed by atoms with Gasteiger partial charge in [-0.05, 0) is 44.8 Å². The quantitative estimate of drug-likeness (QED) is 0.630. The highest BCUT2D eigenvalue weighted by atomic mass is 28.4. The largest absolute Gasteiger partial charge is 0.412 e. The van der Waals surface area contributed by atoms with Gasteiger partial charge in [-0.1, -0.05) is 25.7 Å². The summed E-state index contributed by atoms with van der Waals surface area (Å²) in [7, 11) is -1.31. The molecule has 2 heteroatoms. The Morgan fingerprint density at radius 1 is 1.07 bits per heavy atom. The molecule has 0 amide bonds. The molecule has 2 aliphatic rings. The van der Waals surface area contributed by atoms with Crippen molar-refractivity contribution >= 4 is 8.32 Å². The van der Waals surface area contributed by atoms with Crippen molar-refractivity contribution in [2.24, 2.45) is 5.92 Å². The van der Waals surface area contributed by atoms with Gasteiger partial charge in [0, 0.05) is 0 Å². The minimum atomic E-state index is -1.31. The van der Waals surface area contributed by atoms with E-state index in [0.717, 1.165) is 5.92 Å². The van der Waals surface area contributed by atoms with E-state index in [0.29, 0.717) is 5.60 Å². The fraction of sp³-hybridized carbons (Fsp3) is 1.00. The van der Waals surface area contributed by atoms with Crippen LogP contribution in [0.25, 0.3) is 0 Å². The molecule has 0 radical (unpaired) electrons. The van der Waals surface area contributed by atoms with E-state index >= 15 is 0 Å². The highest BCUT2D eigenvalue weighted by Crippen LogP contribution is 2.55. The second-order valence-corrected chi connectivity index (χ2v) is 10.6. The Bertz CT molecular complexity index is 209. The van der Waals surface area contributed by atoms with Gasteiger partial charge in [-0.2, -0.15) is 0 Å². The summed E-state index contributed by atoms with van der Waals surface area (Å²) in [5, 5.41) is 0. The van der Waals surface area contributed by atoms with Crippen molar-refractivity contribution in [1.82, 2.24) is 0 Å². The highest BCUT2D eigenvalue weighted by Gasteiger charge is 2.55. The Balaban J connectivity index is 1.95. The molecule has 2 aliphatic carbocycles. The van der Waals surface area contributed by atoms with Gasteiger partial charge in [-0.3, -0.25) is 0 Å². The third-order valence-corrected chi connectivity index (χ3v) is 4.61. The number of hydrogen-bond acceptors (Lipinski definition) is 1. The number of fused-ring (bicyclic) bond motifs is 1. The van der Waals surface area contributed by atoms with E-state index in [-0.39, 0.29) is 0 Å². The normalized spacial score (nSPS) is 38.4. The van der Waals surface area contributed by atoms with Crippen LogP contribution >= 0.6 is 0 Å². The molecule has 0 heterocycles. The topological polar surface area (TPSA) is 9.23 Å². The van der Waals surface area contributed by atoms with Crippen LogP contribution in [0.1, 0.15) is 44.9 Å². The number of hydrogen-bond donors (Lipinski definition) is 0. The standard InChI is InChI=1S/C12H24OSi/c1-14(2,3)13-12-9-7-5-4-6-8-11(12)10-12/h11H,4-10H2,1-3H3. The van der Waals surface area contributed by atoms with Crippen LogP contribution < -0.4 is 0 Å². The molecule has 2 rings (SSSR count). The summed E-state index contributed by atoms with van der Waals surface area (Å²) >= 11 is 0. The molecule has 0 aromatic carbocycles. The van der Waals surface area contributed by atoms with Crippen LogP contribution in [0.15, 0.2) is 0 Å². The second kappa shape index (κ2) is 3.64. The Kier molecular flexibility index (Phi) is 2.78. The van der Waals surface area contributed by atoms with Crippen molar-refractivity contribution in [3.63, 3.8) is 0 Å². The summed E-state index contributed by atoms with van der Waals surface area (Å²) in [5.41, 5.74) is 0.366. The van der Waals surface area contributed by atoms with Crippen LogP contribution in [0.4, 0.5) is 0 Å². The van der Waals surface area contributed by atoms with Crippen molar-refractivity contribution in [3.05, 3.63) is 0 Å². The minimum absolute atomic E-state index is 0.366. The van der Waals surface area contributed by atoms with E-state index in [4.69, 9.17) is 4.43 Å². The number of rotatable bonds is 2. The molecule has 2 atom stereocenters. The van der Waals surface area contributed by atoms with Crippen LogP contribution in [-0.4, -0.2) is 13.9 Å². The van der Waals surface area contributed by atoms with E-state index in [1.54, 1.807) is 0 Å². The molecule has 14 heavy (non-hydrogen) atoms. The molecule has 1 nitrogen and oxygen atoms in total. The maximum atomic E-state index is 6.41. The first-order chi connectivity index (χ1) is 6.52. The maximum absolute atomic E-state index is 6.41. The Labute approximate surface area is 89.4 Å². The zero-order chi connectivity index (χ0) is 10.2. The van der Waals surface area contributed by atoms with Crippen LogP contribution in [0, 0.1) is 5.92 Å². The van der Waals surface area contributed by atoms with Gasteiger partial charge in [-0.25, -0.2) is 0 Å². The third-order valence-electron chi connectivity index (χ3n) is 3.59. The molecule has 0 saturated heterocycles. The van der Waals surface area contributed by atoms with Gasteiger partial charge in [0.2, 0.25) is 0 Å². The van der Waals surface area contributed by atoms with Gasteiger partial charge in [0.25, 0.3) is 0 Å². The fourth-order valence-electron chi connectivity index (χ4n) is 2.98. The molecule has 2 saturated carbocycles. The lowest BCUT2D eigenvalue weighted by Crippen LogP contribution is -2.35. The zero-order valence-electron chi connectivity index (χ0n) is 9.94. The van der Waals surface area contributed by atoms with Gasteiger partial charge in [0.15, 0.2) is 8.32 Å². The predicted molar refractivity (Wildman–Crippen MR) is 63.0 cm³/mol. The van der Waals surface area contributed by atoms with E-state index < -0.39 is 8.32 Å². The second-order valence-electron chi connectivity index (χ2n) is 6.13. The van der Waals surface area contributed by atoms with Crippen molar-refractivity contribution < 1.29 is 4.43 Å². The van der Waals surface area contributed by atoms with Crippen molar-refractivity contribution in [3.8, 4) is 0 Å². The maximum Gasteiger partial charge on any atom is 0.184 e. The summed E-state index contributed by atoms with van der Waals surface area (Å²) < 4.78 is 6.41. The summed E-state index contributed by atoms with van der Waals surface area (Å²) in [6.45, 7) is 6.99. The summed E-state index contributed by atoms with van der Waals surface area (Å²) in [5.74, 6) is 0.925. The lowest BCUT2D eigenvalue weighted by atomic mass is 9.99. The molecular weight excluding hydrogens is 188 g/mol. The fourth-order valence-corrected chi connectivity index (χ4v) is 4.56. The van der Waals surface area contributed by atoms with Crippen LogP contribution in [0.3, 0.4) is 0 Å². The average Bonchev–Trinajstić information content (AvgIpc) is 2.60. The molecule has 0 aliphatic heterocycles. The minimum Gasteiger partial charge on any atom is -0.412 e. The first kappa shape index (κ1) is 10.7. The lowest BCUT2D eigenvalue weighted by molar-refractivity contribution is 0.130. The van der Waals surface area contributed by atoms with Crippen LogP contribution in [0.5, 0.6) is 0 Å². The van der Waals surface area contributed by atoms with Crippen LogP contribution in [0.2, 0.25) is 19.6 Å². The Morgan fingerprint density at radius 2 is 1.79 bits per heavy atom. The third kappa shape index (κ3) is 2.40. The summed E-state index contributed by atoms with van der Waals surface area (Å²) in [4.78, 5) is 0. The summed E-state index contributed by atoms with van der Waals surface area (Å²) in [6, 6.07) is 0. The van der Waals surface area contributed by atoms with Gasteiger partial charge in [0.1, 0.15) is 0 Å². The average molecular weight is 212 g/mol. The first-order valence-electron chi connectivity index (χ1n) is 6.22. The van der Waals surface area contributed by atoms with E-state index in [9.17, 15) is 0 Å². The lowest BCUT2D eigenvalue weighted by Gasteiger charge is -2.29.